The molecule has 1 atom stereocenters. The van der Waals surface area contributed by atoms with Crippen LogP contribution in [0.2, 0.25) is 0 Å². The van der Waals surface area contributed by atoms with Crippen molar-refractivity contribution < 1.29 is 0 Å². The van der Waals surface area contributed by atoms with Gasteiger partial charge in [0, 0.05) is 25.7 Å². The Bertz CT molecular complexity index is 109. The quantitative estimate of drug-likeness (QED) is 0.578. The highest BCUT2D eigenvalue weighted by atomic mass is 15.1. The number of hydrogen-bond donors (Lipinski definition) is 1. The predicted octanol–water partition coefficient (Wildman–Crippen LogP) is 1.01. The molecule has 0 amide bonds. The molecule has 0 aliphatic carbocycles. The third-order valence-corrected chi connectivity index (χ3v) is 1.32. The van der Waals surface area contributed by atoms with Crippen molar-refractivity contribution in [3.63, 3.8) is 0 Å². The van der Waals surface area contributed by atoms with Crippen LogP contribution >= 0.6 is 0 Å². The first-order chi connectivity index (χ1) is 5.20. The van der Waals surface area contributed by atoms with Crippen LogP contribution in [0.3, 0.4) is 0 Å². The lowest BCUT2D eigenvalue weighted by Crippen LogP contribution is -2.35. The molecule has 0 saturated carbocycles. The Morgan fingerprint density at radius 2 is 1.82 bits per heavy atom. The second-order valence-electron chi connectivity index (χ2n) is 2.77. The summed E-state index contributed by atoms with van der Waals surface area (Å²) in [5.41, 5.74) is 5.64. The van der Waals surface area contributed by atoms with Gasteiger partial charge in [-0.3, -0.25) is 4.90 Å². The van der Waals surface area contributed by atoms with Crippen LogP contribution in [0.15, 0.2) is 25.3 Å². The molecule has 0 bridgehead atoms. The maximum Gasteiger partial charge on any atom is 0.0164 e. The first-order valence-electron chi connectivity index (χ1n) is 3.90. The predicted molar refractivity (Wildman–Crippen MR) is 50.5 cm³/mol. The molecule has 0 radical (unpaired) electrons. The van der Waals surface area contributed by atoms with E-state index in [9.17, 15) is 0 Å². The van der Waals surface area contributed by atoms with E-state index in [0.717, 1.165) is 19.6 Å². The molecular formula is C9H18N2. The molecule has 0 unspecified atom stereocenters. The average Bonchev–Trinajstić information content (AvgIpc) is 1.87. The van der Waals surface area contributed by atoms with Crippen LogP contribution in [0.1, 0.15) is 6.92 Å². The van der Waals surface area contributed by atoms with Crippen LogP contribution in [-0.2, 0) is 0 Å². The summed E-state index contributed by atoms with van der Waals surface area (Å²) < 4.78 is 0. The van der Waals surface area contributed by atoms with Crippen LogP contribution in [0.4, 0.5) is 0 Å². The molecule has 0 aromatic rings. The van der Waals surface area contributed by atoms with Gasteiger partial charge < -0.3 is 5.73 Å². The highest BCUT2D eigenvalue weighted by Crippen LogP contribution is 1.90. The molecule has 2 heteroatoms. The van der Waals surface area contributed by atoms with Gasteiger partial charge in [0.15, 0.2) is 0 Å². The van der Waals surface area contributed by atoms with E-state index >= 15 is 0 Å². The molecule has 0 aromatic heterocycles. The Morgan fingerprint density at radius 1 is 1.36 bits per heavy atom. The third-order valence-electron chi connectivity index (χ3n) is 1.32. The number of hydrogen-bond acceptors (Lipinski definition) is 2. The highest BCUT2D eigenvalue weighted by molar-refractivity contribution is 4.80. The largest absolute Gasteiger partial charge is 0.327 e. The van der Waals surface area contributed by atoms with Gasteiger partial charge in [-0.15, -0.1) is 13.2 Å². The maximum atomic E-state index is 5.64. The second-order valence-corrected chi connectivity index (χ2v) is 2.77. The average molecular weight is 154 g/mol. The topological polar surface area (TPSA) is 29.3 Å². The minimum atomic E-state index is 0.217. The third kappa shape index (κ3) is 5.83. The first-order valence-corrected chi connectivity index (χ1v) is 3.90. The van der Waals surface area contributed by atoms with Crippen molar-refractivity contribution in [3.8, 4) is 0 Å². The first kappa shape index (κ1) is 10.4. The summed E-state index contributed by atoms with van der Waals surface area (Å²) in [7, 11) is 0. The fourth-order valence-electron chi connectivity index (χ4n) is 0.996. The van der Waals surface area contributed by atoms with Gasteiger partial charge in [0.1, 0.15) is 0 Å². The van der Waals surface area contributed by atoms with Gasteiger partial charge in [-0.25, -0.2) is 0 Å². The van der Waals surface area contributed by atoms with Gasteiger partial charge in [-0.1, -0.05) is 12.2 Å². The Labute approximate surface area is 69.4 Å². The normalized spacial score (nSPS) is 13.0. The molecule has 0 rings (SSSR count). The van der Waals surface area contributed by atoms with E-state index in [1.165, 1.54) is 0 Å². The molecule has 0 fully saturated rings. The number of nitrogens with two attached hydrogens (primary N) is 1. The molecule has 0 spiro atoms. The molecule has 11 heavy (non-hydrogen) atoms. The van der Waals surface area contributed by atoms with E-state index in [2.05, 4.69) is 18.1 Å². The molecular weight excluding hydrogens is 136 g/mol. The minimum Gasteiger partial charge on any atom is -0.327 e. The molecule has 2 nitrogen and oxygen atoms in total. The van der Waals surface area contributed by atoms with Gasteiger partial charge in [0.2, 0.25) is 0 Å². The van der Waals surface area contributed by atoms with Crippen molar-refractivity contribution in [1.82, 2.24) is 4.90 Å². The summed E-state index contributed by atoms with van der Waals surface area (Å²) in [6.07, 6.45) is 3.76. The van der Waals surface area contributed by atoms with Crippen molar-refractivity contribution in [3.05, 3.63) is 25.3 Å². The van der Waals surface area contributed by atoms with E-state index in [1.54, 1.807) is 0 Å². The molecule has 0 aliphatic rings. The standard InChI is InChI=1S/C9H18N2/c1-4-6-11(7-5-2)8-9(3)10/h4-5,9H,1-2,6-8,10H2,3H3/t9-/m1/s1. The smallest absolute Gasteiger partial charge is 0.0164 e. The lowest BCUT2D eigenvalue weighted by Gasteiger charge is -2.20. The molecule has 0 heterocycles. The van der Waals surface area contributed by atoms with Crippen molar-refractivity contribution >= 4 is 0 Å². The molecule has 0 aliphatic heterocycles. The lowest BCUT2D eigenvalue weighted by molar-refractivity contribution is 0.318. The second kappa shape index (κ2) is 6.13. The Hall–Kier alpha value is -0.600. The molecule has 64 valence electrons. The zero-order valence-electron chi connectivity index (χ0n) is 7.29. The van der Waals surface area contributed by atoms with Gasteiger partial charge in [0.25, 0.3) is 0 Å². The molecule has 0 aromatic carbocycles. The summed E-state index contributed by atoms with van der Waals surface area (Å²) in [4.78, 5) is 2.20. The van der Waals surface area contributed by atoms with Crippen LogP contribution in [-0.4, -0.2) is 30.6 Å². The Morgan fingerprint density at radius 3 is 2.09 bits per heavy atom. The summed E-state index contributed by atoms with van der Waals surface area (Å²) in [5.74, 6) is 0. The molecule has 2 N–H and O–H groups in total. The highest BCUT2D eigenvalue weighted by Gasteiger charge is 2.02. The van der Waals surface area contributed by atoms with Crippen LogP contribution in [0, 0.1) is 0 Å². The lowest BCUT2D eigenvalue weighted by atomic mass is 10.3. The van der Waals surface area contributed by atoms with E-state index in [4.69, 9.17) is 5.73 Å². The minimum absolute atomic E-state index is 0.217. The fraction of sp³-hybridized carbons (Fsp3) is 0.556. The summed E-state index contributed by atoms with van der Waals surface area (Å²) >= 11 is 0. The maximum absolute atomic E-state index is 5.64. The van der Waals surface area contributed by atoms with Crippen molar-refractivity contribution in [2.75, 3.05) is 19.6 Å². The zero-order chi connectivity index (χ0) is 8.69. The van der Waals surface area contributed by atoms with Crippen molar-refractivity contribution in [2.45, 2.75) is 13.0 Å². The van der Waals surface area contributed by atoms with Gasteiger partial charge >= 0.3 is 0 Å². The van der Waals surface area contributed by atoms with Gasteiger partial charge in [-0.2, -0.15) is 0 Å². The monoisotopic (exact) mass is 154 g/mol. The van der Waals surface area contributed by atoms with Crippen LogP contribution in [0.25, 0.3) is 0 Å². The Balaban J connectivity index is 3.67. The van der Waals surface area contributed by atoms with E-state index in [0.29, 0.717) is 0 Å². The van der Waals surface area contributed by atoms with E-state index < -0.39 is 0 Å². The van der Waals surface area contributed by atoms with Crippen LogP contribution in [0.5, 0.6) is 0 Å². The van der Waals surface area contributed by atoms with Crippen LogP contribution < -0.4 is 5.73 Å². The van der Waals surface area contributed by atoms with Crippen molar-refractivity contribution in [1.29, 1.82) is 0 Å². The van der Waals surface area contributed by atoms with E-state index in [-0.39, 0.29) is 6.04 Å². The van der Waals surface area contributed by atoms with Gasteiger partial charge in [-0.05, 0) is 6.92 Å². The SMILES string of the molecule is C=CCN(CC=C)C[C@@H](C)N. The number of nitrogens with zero attached hydrogens (tertiary/aromatic N) is 1. The van der Waals surface area contributed by atoms with Gasteiger partial charge in [0.05, 0.1) is 0 Å². The summed E-state index contributed by atoms with van der Waals surface area (Å²) in [5, 5.41) is 0. The summed E-state index contributed by atoms with van der Waals surface area (Å²) in [6, 6.07) is 0.217. The Kier molecular flexibility index (Phi) is 5.80. The molecule has 0 saturated heterocycles. The summed E-state index contributed by atoms with van der Waals surface area (Å²) in [6.45, 7) is 12.0. The van der Waals surface area contributed by atoms with Crippen molar-refractivity contribution in [2.24, 2.45) is 5.73 Å². The fourth-order valence-corrected chi connectivity index (χ4v) is 0.996. The number of rotatable bonds is 6. The van der Waals surface area contributed by atoms with E-state index in [1.807, 2.05) is 19.1 Å². The zero-order valence-corrected chi connectivity index (χ0v) is 7.29.